The van der Waals surface area contributed by atoms with Crippen LogP contribution in [-0.2, 0) is 19.0 Å². The lowest BCUT2D eigenvalue weighted by Crippen LogP contribution is -2.65. The number of nitrogens with one attached hydrogen (secondary N) is 1. The second-order valence-corrected chi connectivity index (χ2v) is 9.02. The van der Waals surface area contributed by atoms with Crippen LogP contribution in [0, 0.1) is 0 Å². The molecule has 0 radical (unpaired) electrons. The van der Waals surface area contributed by atoms with Crippen LogP contribution in [0.5, 0.6) is 0 Å². The van der Waals surface area contributed by atoms with Crippen molar-refractivity contribution >= 4 is 18.2 Å². The third kappa shape index (κ3) is 8.06. The van der Waals surface area contributed by atoms with Crippen LogP contribution in [0.15, 0.2) is 0 Å². The van der Waals surface area contributed by atoms with E-state index in [-0.39, 0.29) is 19.6 Å². The molecule has 1 heterocycles. The Hall–Kier alpha value is -2.07. The molecule has 2 unspecified atom stereocenters. The Kier molecular flexibility index (Phi) is 8.28. The molecule has 10 nitrogen and oxygen atoms in total. The number of ether oxygens (including phenoxy) is 3. The minimum Gasteiger partial charge on any atom is -0.468 e. The number of hydrogen-bond acceptors (Lipinski definition) is 8. The summed E-state index contributed by atoms with van der Waals surface area (Å²) in [6, 6.07) is -1.66. The van der Waals surface area contributed by atoms with Gasteiger partial charge in [-0.1, -0.05) is 0 Å². The largest absolute Gasteiger partial charge is 0.468 e. The molecule has 2 amide bonds. The summed E-state index contributed by atoms with van der Waals surface area (Å²) in [4.78, 5) is 39.6. The first-order valence-electron chi connectivity index (χ1n) is 9.64. The summed E-state index contributed by atoms with van der Waals surface area (Å²) in [5.74, 6) is -0.562. The van der Waals surface area contributed by atoms with Crippen LogP contribution >= 0.6 is 0 Å². The molecular weight excluding hydrogens is 382 g/mol. The van der Waals surface area contributed by atoms with Gasteiger partial charge in [0, 0.05) is 19.6 Å². The zero-order valence-electron chi connectivity index (χ0n) is 18.6. The third-order valence-electron chi connectivity index (χ3n) is 4.04. The first-order valence-corrected chi connectivity index (χ1v) is 9.64. The van der Waals surface area contributed by atoms with Gasteiger partial charge in [0.2, 0.25) is 0 Å². The number of carbonyl (C=O) groups excluding carboxylic acids is 3. The average molecular weight is 418 g/mol. The molecule has 168 valence electrons. The Morgan fingerprint density at radius 1 is 1.00 bits per heavy atom. The molecule has 0 aromatic heterocycles. The number of carbonyl (C=O) groups is 3. The smallest absolute Gasteiger partial charge is 0.410 e. The second-order valence-electron chi connectivity index (χ2n) is 9.02. The summed E-state index contributed by atoms with van der Waals surface area (Å²) in [5, 5.41) is 13.4. The number of nitrogens with zero attached hydrogens (tertiary/aromatic N) is 2. The van der Waals surface area contributed by atoms with Gasteiger partial charge in [0.1, 0.15) is 23.5 Å². The first-order chi connectivity index (χ1) is 13.1. The summed E-state index contributed by atoms with van der Waals surface area (Å²) < 4.78 is 15.5. The average Bonchev–Trinajstić information content (AvgIpc) is 2.57. The van der Waals surface area contributed by atoms with Crippen LogP contribution in [0.1, 0.15) is 48.5 Å². The van der Waals surface area contributed by atoms with Crippen molar-refractivity contribution in [2.45, 2.75) is 78.0 Å². The van der Waals surface area contributed by atoms with Gasteiger partial charge in [0.25, 0.3) is 0 Å². The molecule has 0 spiro atoms. The van der Waals surface area contributed by atoms with Crippen molar-refractivity contribution in [3.8, 4) is 0 Å². The Labute approximate surface area is 172 Å². The number of amides is 2. The van der Waals surface area contributed by atoms with Gasteiger partial charge in [-0.15, -0.1) is 0 Å². The van der Waals surface area contributed by atoms with Crippen LogP contribution in [-0.4, -0.2) is 89.3 Å². The molecule has 3 atom stereocenters. The maximum atomic E-state index is 12.6. The summed E-state index contributed by atoms with van der Waals surface area (Å²) in [7, 11) is 1.24. The zero-order chi connectivity index (χ0) is 22.6. The topological polar surface area (TPSA) is 118 Å². The summed E-state index contributed by atoms with van der Waals surface area (Å²) in [6.07, 6.45) is -2.46. The fourth-order valence-corrected chi connectivity index (χ4v) is 2.73. The van der Waals surface area contributed by atoms with Crippen molar-refractivity contribution in [1.82, 2.24) is 15.1 Å². The normalized spacial score (nSPS) is 20.0. The van der Waals surface area contributed by atoms with Gasteiger partial charge in [0.15, 0.2) is 0 Å². The molecule has 10 heteroatoms. The highest BCUT2D eigenvalue weighted by molar-refractivity contribution is 5.75. The lowest BCUT2D eigenvalue weighted by Gasteiger charge is -2.43. The molecule has 0 aromatic carbocycles. The van der Waals surface area contributed by atoms with Crippen LogP contribution in [0.25, 0.3) is 0 Å². The molecule has 1 aliphatic rings. The van der Waals surface area contributed by atoms with E-state index in [0.29, 0.717) is 0 Å². The van der Waals surface area contributed by atoms with Gasteiger partial charge in [-0.3, -0.25) is 15.0 Å². The maximum Gasteiger partial charge on any atom is 0.410 e. The van der Waals surface area contributed by atoms with Crippen LogP contribution in [0.3, 0.4) is 0 Å². The highest BCUT2D eigenvalue weighted by atomic mass is 16.6. The van der Waals surface area contributed by atoms with Crippen molar-refractivity contribution < 1.29 is 33.7 Å². The number of hydrogen-bond donors (Lipinski definition) is 2. The molecule has 0 bridgehead atoms. The monoisotopic (exact) mass is 417 g/mol. The van der Waals surface area contributed by atoms with Gasteiger partial charge < -0.3 is 24.2 Å². The fraction of sp³-hybridized carbons (Fsp3) is 0.842. The van der Waals surface area contributed by atoms with E-state index >= 15 is 0 Å². The lowest BCUT2D eigenvalue weighted by molar-refractivity contribution is -0.144. The standard InChI is InChI=1S/C19H35N3O7/c1-12(15(24)27-8)20-14(23)13-11-21(16(25)28-18(2,3)4)9-10-22(13)17(26)29-19(5,6)7/h12-14,20,23H,9-11H2,1-8H3/t12-,13?,14?/m0/s1. The summed E-state index contributed by atoms with van der Waals surface area (Å²) in [6.45, 7) is 12.4. The van der Waals surface area contributed by atoms with E-state index in [9.17, 15) is 19.5 Å². The number of rotatable bonds is 4. The number of piperazine rings is 1. The van der Waals surface area contributed by atoms with Crippen molar-refractivity contribution in [1.29, 1.82) is 0 Å². The van der Waals surface area contributed by atoms with Gasteiger partial charge in [0.05, 0.1) is 13.2 Å². The van der Waals surface area contributed by atoms with Crippen molar-refractivity contribution in [2.75, 3.05) is 26.7 Å². The minimum absolute atomic E-state index is 0.0101. The highest BCUT2D eigenvalue weighted by Crippen LogP contribution is 2.20. The van der Waals surface area contributed by atoms with Crippen LogP contribution in [0.4, 0.5) is 9.59 Å². The Balaban J connectivity index is 3.00. The highest BCUT2D eigenvalue weighted by Gasteiger charge is 2.40. The van der Waals surface area contributed by atoms with Gasteiger partial charge >= 0.3 is 18.2 Å². The van der Waals surface area contributed by atoms with E-state index in [2.05, 4.69) is 10.1 Å². The maximum absolute atomic E-state index is 12.6. The SMILES string of the molecule is COC(=O)[C@H](C)NC(O)C1CN(C(=O)OC(C)(C)C)CCN1C(=O)OC(C)(C)C. The minimum atomic E-state index is -1.30. The number of aliphatic hydroxyl groups excluding tert-OH is 1. The van der Waals surface area contributed by atoms with Crippen LogP contribution < -0.4 is 5.32 Å². The van der Waals surface area contributed by atoms with Crippen molar-refractivity contribution in [3.63, 3.8) is 0 Å². The zero-order valence-corrected chi connectivity index (χ0v) is 18.6. The number of methoxy groups -OCH3 is 1. The van der Waals surface area contributed by atoms with Crippen molar-refractivity contribution in [3.05, 3.63) is 0 Å². The summed E-state index contributed by atoms with van der Waals surface area (Å²) >= 11 is 0. The predicted molar refractivity (Wildman–Crippen MR) is 105 cm³/mol. The van der Waals surface area contributed by atoms with E-state index in [4.69, 9.17) is 9.47 Å². The van der Waals surface area contributed by atoms with Gasteiger partial charge in [-0.2, -0.15) is 0 Å². The Morgan fingerprint density at radius 2 is 1.52 bits per heavy atom. The molecule has 1 saturated heterocycles. The van der Waals surface area contributed by atoms with E-state index < -0.39 is 47.7 Å². The molecule has 0 saturated carbocycles. The van der Waals surface area contributed by atoms with Crippen LogP contribution in [0.2, 0.25) is 0 Å². The molecule has 1 fully saturated rings. The van der Waals surface area contributed by atoms with E-state index in [1.165, 1.54) is 23.8 Å². The number of aliphatic hydroxyl groups is 1. The molecule has 29 heavy (non-hydrogen) atoms. The predicted octanol–water partition coefficient (Wildman–Crippen LogP) is 1.31. The van der Waals surface area contributed by atoms with Crippen molar-refractivity contribution in [2.24, 2.45) is 0 Å². The Morgan fingerprint density at radius 3 is 2.00 bits per heavy atom. The molecule has 2 N–H and O–H groups in total. The van der Waals surface area contributed by atoms with E-state index in [1.54, 1.807) is 41.5 Å². The second kappa shape index (κ2) is 9.62. The van der Waals surface area contributed by atoms with Gasteiger partial charge in [-0.25, -0.2) is 9.59 Å². The van der Waals surface area contributed by atoms with Gasteiger partial charge in [-0.05, 0) is 48.5 Å². The number of esters is 1. The quantitative estimate of drug-likeness (QED) is 0.399. The third-order valence-corrected chi connectivity index (χ3v) is 4.04. The molecule has 1 rings (SSSR count). The molecular formula is C19H35N3O7. The molecule has 1 aliphatic heterocycles. The van der Waals surface area contributed by atoms with E-state index in [0.717, 1.165) is 0 Å². The summed E-state index contributed by atoms with van der Waals surface area (Å²) in [5.41, 5.74) is -1.40. The molecule has 0 aromatic rings. The van der Waals surface area contributed by atoms with E-state index in [1.807, 2.05) is 0 Å². The Bertz CT molecular complexity index is 598. The first kappa shape index (κ1) is 25.0. The fourth-order valence-electron chi connectivity index (χ4n) is 2.73. The lowest BCUT2D eigenvalue weighted by atomic mass is 10.1. The molecule has 0 aliphatic carbocycles.